The Morgan fingerprint density at radius 3 is 0.952 bits per heavy atom. The summed E-state index contributed by atoms with van der Waals surface area (Å²) >= 11 is 0. The molecule has 336 valence electrons. The molecule has 4 aromatic carbocycles. The third-order valence-corrected chi connectivity index (χ3v) is 27.4. The van der Waals surface area contributed by atoms with Gasteiger partial charge in [0.15, 0.2) is 0 Å². The fraction of sp³-hybridized carbons (Fsp3) is 0.478. The smallest absolute Gasteiger partial charge is 0.376 e. The summed E-state index contributed by atoms with van der Waals surface area (Å²) in [5.74, 6) is 5.08. The highest BCUT2D eigenvalue weighted by Crippen LogP contribution is 2.49. The van der Waals surface area contributed by atoms with Gasteiger partial charge in [-0.25, -0.2) is 0 Å². The van der Waals surface area contributed by atoms with Crippen LogP contribution in [0.1, 0.15) is 117 Å². The maximum Gasteiger partial charge on any atom is 0.534 e. The Balaban J connectivity index is 1.93. The van der Waals surface area contributed by atoms with E-state index in [1.165, 1.54) is 24.3 Å². The van der Waals surface area contributed by atoms with Gasteiger partial charge in [-0.15, -0.1) is 11.1 Å². The van der Waals surface area contributed by atoms with E-state index in [4.69, 9.17) is 0 Å². The summed E-state index contributed by atoms with van der Waals surface area (Å²) in [6.07, 6.45) is 0. The number of benzene rings is 4. The van der Waals surface area contributed by atoms with Crippen LogP contribution < -0.4 is 8.37 Å². The van der Waals surface area contributed by atoms with Crippen molar-refractivity contribution >= 4 is 57.9 Å². The number of hydrogen-bond donors (Lipinski definition) is 0. The molecular weight excluding hydrogens is 883 g/mol. The number of fused-ring (bicyclic) bond motifs is 4. The Labute approximate surface area is 364 Å². The Hall–Kier alpha value is -3.97. The first kappa shape index (κ1) is 49.1. The van der Waals surface area contributed by atoms with E-state index in [9.17, 15) is 43.2 Å². The molecule has 0 saturated carbocycles. The minimum Gasteiger partial charge on any atom is -0.376 e. The van der Waals surface area contributed by atoms with Gasteiger partial charge >= 0.3 is 31.3 Å². The summed E-state index contributed by atoms with van der Waals surface area (Å²) in [7, 11) is -16.7. The molecule has 16 heteroatoms. The lowest BCUT2D eigenvalue weighted by Gasteiger charge is -2.39. The van der Waals surface area contributed by atoms with Crippen LogP contribution in [-0.4, -0.2) is 44.0 Å². The van der Waals surface area contributed by atoms with Gasteiger partial charge in [-0.3, -0.25) is 0 Å². The quantitative estimate of drug-likeness (QED) is 0.0518. The molecule has 2 atom stereocenters. The molecule has 5 rings (SSSR count). The van der Waals surface area contributed by atoms with E-state index in [0.29, 0.717) is 32.7 Å². The SMILES string of the molecule is CC(C)[Si](C#CC1c2cc3ccc(OS(=O)(=O)C(F)(F)F)cc3cc2C(C#C[Si](C(C)C)(C(C)C)C(C)C)c2cc3ccc(OS(=O)(=O)C(F)(F)F)cc3cc21)(C(C)C)C(C)C. The number of rotatable bonds is 10. The van der Waals surface area contributed by atoms with Gasteiger partial charge in [-0.05, 0) is 126 Å². The molecular formula is C46H54F6O6S2Si2. The predicted octanol–water partition coefficient (Wildman–Crippen LogP) is 13.5. The highest BCUT2D eigenvalue weighted by molar-refractivity contribution is 7.88. The zero-order valence-electron chi connectivity index (χ0n) is 36.9. The van der Waals surface area contributed by atoms with Gasteiger partial charge in [0.25, 0.3) is 0 Å². The Bertz CT molecular complexity index is 2490. The molecule has 0 fully saturated rings. The van der Waals surface area contributed by atoms with E-state index in [2.05, 4.69) is 114 Å². The van der Waals surface area contributed by atoms with Crippen molar-refractivity contribution in [3.63, 3.8) is 0 Å². The van der Waals surface area contributed by atoms with Gasteiger partial charge in [0, 0.05) is 0 Å². The first-order chi connectivity index (χ1) is 28.4. The number of halogens is 6. The van der Waals surface area contributed by atoms with Crippen LogP contribution in [0.25, 0.3) is 21.5 Å². The van der Waals surface area contributed by atoms with Gasteiger partial charge < -0.3 is 8.37 Å². The van der Waals surface area contributed by atoms with Crippen molar-refractivity contribution < 1.29 is 51.5 Å². The molecule has 0 N–H and O–H groups in total. The molecule has 0 amide bonds. The molecule has 4 aromatic rings. The van der Waals surface area contributed by atoms with E-state index in [1.54, 1.807) is 12.1 Å². The van der Waals surface area contributed by atoms with Crippen molar-refractivity contribution in [3.05, 3.63) is 82.9 Å². The van der Waals surface area contributed by atoms with E-state index in [1.807, 2.05) is 12.1 Å². The van der Waals surface area contributed by atoms with Gasteiger partial charge in [0.1, 0.15) is 27.6 Å². The summed E-state index contributed by atoms with van der Waals surface area (Å²) in [6, 6.07) is 15.1. The van der Waals surface area contributed by atoms with Crippen molar-refractivity contribution in [2.75, 3.05) is 0 Å². The lowest BCUT2D eigenvalue weighted by Crippen LogP contribution is -2.43. The van der Waals surface area contributed by atoms with Gasteiger partial charge in [0.2, 0.25) is 0 Å². The van der Waals surface area contributed by atoms with Crippen molar-refractivity contribution in [2.24, 2.45) is 0 Å². The molecule has 0 heterocycles. The summed E-state index contributed by atoms with van der Waals surface area (Å²) in [4.78, 5) is 0. The third kappa shape index (κ3) is 8.91. The maximum absolute atomic E-state index is 13.4. The highest BCUT2D eigenvalue weighted by Gasteiger charge is 2.50. The molecule has 1 aliphatic rings. The monoisotopic (exact) mass is 936 g/mol. The predicted molar refractivity (Wildman–Crippen MR) is 240 cm³/mol. The summed E-state index contributed by atoms with van der Waals surface area (Å²) < 4.78 is 138. The molecule has 6 nitrogen and oxygen atoms in total. The minimum atomic E-state index is -5.96. The Kier molecular flexibility index (Phi) is 13.6. The van der Waals surface area contributed by atoms with Crippen molar-refractivity contribution in [1.29, 1.82) is 0 Å². The van der Waals surface area contributed by atoms with Crippen molar-refractivity contribution in [3.8, 4) is 34.4 Å². The first-order valence-corrected chi connectivity index (χ1v) is 27.9. The van der Waals surface area contributed by atoms with Crippen LogP contribution in [0.3, 0.4) is 0 Å². The summed E-state index contributed by atoms with van der Waals surface area (Å²) in [6.45, 7) is 26.2. The molecule has 2 unspecified atom stereocenters. The molecule has 0 aliphatic heterocycles. The molecule has 0 aromatic heterocycles. The minimum absolute atomic E-state index is 0.257. The fourth-order valence-electron chi connectivity index (χ4n) is 9.98. The fourth-order valence-corrected chi connectivity index (χ4v) is 21.4. The van der Waals surface area contributed by atoms with Crippen LogP contribution in [0.4, 0.5) is 26.3 Å². The maximum atomic E-state index is 13.4. The molecule has 1 aliphatic carbocycles. The number of hydrogen-bond acceptors (Lipinski definition) is 6. The lowest BCUT2D eigenvalue weighted by atomic mass is 9.71. The van der Waals surface area contributed by atoms with Crippen molar-refractivity contribution in [1.82, 2.24) is 0 Å². The average Bonchev–Trinajstić information content (AvgIpc) is 3.12. The summed E-state index contributed by atoms with van der Waals surface area (Å²) in [5.41, 5.74) is 0.878. The second kappa shape index (κ2) is 17.2. The molecule has 0 saturated heterocycles. The Morgan fingerprint density at radius 1 is 0.452 bits per heavy atom. The van der Waals surface area contributed by atoms with Gasteiger partial charge in [-0.2, -0.15) is 43.2 Å². The molecule has 0 radical (unpaired) electrons. The van der Waals surface area contributed by atoms with Crippen LogP contribution >= 0.6 is 0 Å². The second-order valence-electron chi connectivity index (χ2n) is 18.1. The molecule has 62 heavy (non-hydrogen) atoms. The van der Waals surface area contributed by atoms with E-state index in [0.717, 1.165) is 23.3 Å². The zero-order chi connectivity index (χ0) is 46.7. The van der Waals surface area contributed by atoms with E-state index in [-0.39, 0.29) is 33.2 Å². The Morgan fingerprint density at radius 2 is 0.710 bits per heavy atom. The second-order valence-corrected chi connectivity index (χ2v) is 32.4. The van der Waals surface area contributed by atoms with E-state index < -0.39 is 70.7 Å². The van der Waals surface area contributed by atoms with Crippen LogP contribution in [0.15, 0.2) is 60.7 Å². The first-order valence-electron chi connectivity index (χ1n) is 20.6. The van der Waals surface area contributed by atoms with Gasteiger partial charge in [0.05, 0.1) is 11.8 Å². The topological polar surface area (TPSA) is 86.7 Å². The largest absolute Gasteiger partial charge is 0.534 e. The third-order valence-electron chi connectivity index (χ3n) is 12.8. The van der Waals surface area contributed by atoms with Gasteiger partial charge in [-0.1, -0.05) is 107 Å². The molecule has 0 spiro atoms. The number of alkyl halides is 6. The van der Waals surface area contributed by atoms with Crippen LogP contribution in [0.2, 0.25) is 33.2 Å². The normalized spacial score (nSPS) is 16.5. The standard InChI is InChI=1S/C46H54F6O6S2Si2/c1-27(2)61(28(3)4,29(5)6)19-17-39-41-23-33-13-15-38(58-60(55,56)46(50,51)52)22-36(33)26-44(41)40(18-20-62(30(7)8,31(9)10)32(11)12)42-24-34-14-16-37(21-35(34)25-43(39)42)57-59(53,54)45(47,48)49/h13-16,21-32,39-40H,1-12H3. The van der Waals surface area contributed by atoms with Crippen LogP contribution in [-0.2, 0) is 20.2 Å². The van der Waals surface area contributed by atoms with Crippen LogP contribution in [0, 0.1) is 22.9 Å². The average molecular weight is 937 g/mol. The van der Waals surface area contributed by atoms with E-state index >= 15 is 0 Å². The van der Waals surface area contributed by atoms with Crippen molar-refractivity contribution in [2.45, 2.75) is 139 Å². The summed E-state index contributed by atoms with van der Waals surface area (Å²) in [5, 5.41) is 1.94. The highest BCUT2D eigenvalue weighted by atomic mass is 32.2. The molecule has 0 bridgehead atoms. The lowest BCUT2D eigenvalue weighted by molar-refractivity contribution is -0.0504. The van der Waals surface area contributed by atoms with Crippen LogP contribution in [0.5, 0.6) is 11.5 Å². The zero-order valence-corrected chi connectivity index (χ0v) is 40.6.